The molecule has 0 radical (unpaired) electrons. The number of carbonyl (C=O) groups is 2. The number of aryl methyl sites for hydroxylation is 1. The average Bonchev–Trinajstić information content (AvgIpc) is 3.02. The Kier molecular flexibility index (Phi) is 9.38. The van der Waals surface area contributed by atoms with Gasteiger partial charge >= 0.3 is 0 Å². The van der Waals surface area contributed by atoms with Crippen LogP contribution in [0.25, 0.3) is 0 Å². The van der Waals surface area contributed by atoms with Gasteiger partial charge in [0.05, 0.1) is 11.9 Å². The minimum atomic E-state index is -0.113. The molecule has 9 nitrogen and oxygen atoms in total. The van der Waals surface area contributed by atoms with Crippen molar-refractivity contribution in [2.75, 3.05) is 44.2 Å². The van der Waals surface area contributed by atoms with Crippen LogP contribution >= 0.6 is 24.0 Å². The SMILES string of the molecule is CCCNC(=O)CN=C(NCC)N1CCN(c2cnn(C)c2)C(=O)C1.I. The number of halogens is 1. The van der Waals surface area contributed by atoms with Crippen LogP contribution < -0.4 is 15.5 Å². The quantitative estimate of drug-likeness (QED) is 0.347. The molecule has 1 aliphatic rings. The van der Waals surface area contributed by atoms with E-state index < -0.39 is 0 Å². The first-order chi connectivity index (χ1) is 12.0. The third-order valence-corrected chi connectivity index (χ3v) is 3.80. The van der Waals surface area contributed by atoms with Crippen LogP contribution in [0.3, 0.4) is 0 Å². The molecule has 0 atom stereocenters. The molecule has 0 spiro atoms. The third-order valence-electron chi connectivity index (χ3n) is 3.80. The molecule has 1 fully saturated rings. The van der Waals surface area contributed by atoms with Crippen molar-refractivity contribution in [3.05, 3.63) is 12.4 Å². The van der Waals surface area contributed by atoms with Crippen LogP contribution in [0.15, 0.2) is 17.4 Å². The molecule has 0 saturated carbocycles. The van der Waals surface area contributed by atoms with Crippen molar-refractivity contribution in [3.63, 3.8) is 0 Å². The molecule has 2 rings (SSSR count). The third kappa shape index (κ3) is 6.15. The lowest BCUT2D eigenvalue weighted by Gasteiger charge is -2.35. The summed E-state index contributed by atoms with van der Waals surface area (Å²) in [6.45, 7) is 6.75. The zero-order valence-corrected chi connectivity index (χ0v) is 17.9. The maximum Gasteiger partial charge on any atom is 0.246 e. The topological polar surface area (TPSA) is 94.9 Å². The van der Waals surface area contributed by atoms with Crippen molar-refractivity contribution in [2.24, 2.45) is 12.0 Å². The highest BCUT2D eigenvalue weighted by molar-refractivity contribution is 14.0. The van der Waals surface area contributed by atoms with Crippen LogP contribution in [-0.4, -0.2) is 71.7 Å². The summed E-state index contributed by atoms with van der Waals surface area (Å²) in [5.41, 5.74) is 0.799. The van der Waals surface area contributed by atoms with E-state index in [1.165, 1.54) is 0 Å². The van der Waals surface area contributed by atoms with Gasteiger partial charge in [0.15, 0.2) is 5.96 Å². The average molecular weight is 477 g/mol. The number of rotatable bonds is 6. The maximum atomic E-state index is 12.5. The molecule has 2 amide bonds. The van der Waals surface area contributed by atoms with Gasteiger partial charge in [0, 0.05) is 39.4 Å². The Morgan fingerprint density at radius 1 is 1.31 bits per heavy atom. The first-order valence-electron chi connectivity index (χ1n) is 8.64. The van der Waals surface area contributed by atoms with Crippen LogP contribution in [0.5, 0.6) is 0 Å². The highest BCUT2D eigenvalue weighted by atomic mass is 127. The summed E-state index contributed by atoms with van der Waals surface area (Å²) in [4.78, 5) is 32.2. The minimum absolute atomic E-state index is 0. The smallest absolute Gasteiger partial charge is 0.246 e. The lowest BCUT2D eigenvalue weighted by Crippen LogP contribution is -2.55. The number of piperazine rings is 1. The van der Waals surface area contributed by atoms with Crippen LogP contribution in [0.4, 0.5) is 5.69 Å². The predicted molar refractivity (Wildman–Crippen MR) is 112 cm³/mol. The number of nitrogens with one attached hydrogen (secondary N) is 2. The molecule has 26 heavy (non-hydrogen) atoms. The van der Waals surface area contributed by atoms with Crippen molar-refractivity contribution in [3.8, 4) is 0 Å². The van der Waals surface area contributed by atoms with Crippen molar-refractivity contribution in [1.29, 1.82) is 0 Å². The van der Waals surface area contributed by atoms with E-state index in [1.54, 1.807) is 15.8 Å². The zero-order chi connectivity index (χ0) is 18.2. The number of anilines is 1. The van der Waals surface area contributed by atoms with Crippen molar-refractivity contribution >= 4 is 47.4 Å². The van der Waals surface area contributed by atoms with Gasteiger partial charge in [-0.15, -0.1) is 24.0 Å². The van der Waals surface area contributed by atoms with Gasteiger partial charge in [0.1, 0.15) is 13.1 Å². The molecule has 0 aromatic carbocycles. The van der Waals surface area contributed by atoms with E-state index in [-0.39, 0.29) is 48.9 Å². The number of aromatic nitrogens is 2. The molecule has 2 heterocycles. The lowest BCUT2D eigenvalue weighted by atomic mass is 10.3. The monoisotopic (exact) mass is 477 g/mol. The normalized spacial score (nSPS) is 14.9. The van der Waals surface area contributed by atoms with Crippen molar-refractivity contribution in [2.45, 2.75) is 20.3 Å². The Morgan fingerprint density at radius 3 is 2.65 bits per heavy atom. The standard InChI is InChI=1S/C16H27N7O2.HI/c1-4-6-18-14(24)10-19-16(17-5-2)22-7-8-23(15(25)12-22)13-9-20-21(3)11-13;/h9,11H,4-8,10,12H2,1-3H3,(H,17,19)(H,18,24);1H. The van der Waals surface area contributed by atoms with Gasteiger partial charge in [-0.2, -0.15) is 5.10 Å². The van der Waals surface area contributed by atoms with E-state index in [4.69, 9.17) is 0 Å². The van der Waals surface area contributed by atoms with Crippen LogP contribution in [0.1, 0.15) is 20.3 Å². The first-order valence-corrected chi connectivity index (χ1v) is 8.64. The van der Waals surface area contributed by atoms with Gasteiger partial charge in [-0.05, 0) is 13.3 Å². The van der Waals surface area contributed by atoms with E-state index in [1.807, 2.05) is 32.0 Å². The summed E-state index contributed by atoms with van der Waals surface area (Å²) in [6, 6.07) is 0. The fraction of sp³-hybridized carbons (Fsp3) is 0.625. The van der Waals surface area contributed by atoms with Gasteiger partial charge in [-0.3, -0.25) is 14.3 Å². The van der Waals surface area contributed by atoms with E-state index in [0.29, 0.717) is 32.1 Å². The molecule has 1 aliphatic heterocycles. The summed E-state index contributed by atoms with van der Waals surface area (Å²) in [7, 11) is 1.82. The fourth-order valence-corrected chi connectivity index (χ4v) is 2.57. The van der Waals surface area contributed by atoms with Crippen LogP contribution in [0, 0.1) is 0 Å². The molecule has 0 aliphatic carbocycles. The molecule has 146 valence electrons. The summed E-state index contributed by atoms with van der Waals surface area (Å²) in [5, 5.41) is 10.1. The number of nitrogens with zero attached hydrogens (tertiary/aromatic N) is 5. The Morgan fingerprint density at radius 2 is 2.08 bits per heavy atom. The Labute approximate surface area is 171 Å². The molecule has 10 heteroatoms. The number of guanidine groups is 1. The van der Waals surface area contributed by atoms with Crippen molar-refractivity contribution in [1.82, 2.24) is 25.3 Å². The number of hydrogen-bond acceptors (Lipinski definition) is 4. The molecule has 1 aromatic rings. The molecule has 0 unspecified atom stereocenters. The second kappa shape index (κ2) is 11.0. The summed E-state index contributed by atoms with van der Waals surface area (Å²) in [5.74, 6) is 0.464. The van der Waals surface area contributed by atoms with Crippen LogP contribution in [-0.2, 0) is 16.6 Å². The summed E-state index contributed by atoms with van der Waals surface area (Å²) in [6.07, 6.45) is 4.40. The van der Waals surface area contributed by atoms with Gasteiger partial charge in [0.2, 0.25) is 11.8 Å². The zero-order valence-electron chi connectivity index (χ0n) is 15.6. The molecule has 0 bridgehead atoms. The lowest BCUT2D eigenvalue weighted by molar-refractivity contribution is -0.120. The Bertz CT molecular complexity index is 632. The molecular formula is C16H28IN7O2. The molecular weight excluding hydrogens is 449 g/mol. The number of carbonyl (C=O) groups excluding carboxylic acids is 2. The van der Waals surface area contributed by atoms with E-state index in [2.05, 4.69) is 20.7 Å². The first kappa shape index (κ1) is 22.2. The summed E-state index contributed by atoms with van der Waals surface area (Å²) < 4.78 is 1.68. The van der Waals surface area contributed by atoms with Gasteiger partial charge in [-0.1, -0.05) is 6.92 Å². The van der Waals surface area contributed by atoms with E-state index in [0.717, 1.165) is 12.1 Å². The number of aliphatic imine (C=N–C) groups is 1. The van der Waals surface area contributed by atoms with E-state index in [9.17, 15) is 9.59 Å². The van der Waals surface area contributed by atoms with Crippen molar-refractivity contribution < 1.29 is 9.59 Å². The Hall–Kier alpha value is -1.85. The Balaban J connectivity index is 0.00000338. The van der Waals surface area contributed by atoms with Gasteiger partial charge < -0.3 is 20.4 Å². The van der Waals surface area contributed by atoms with Gasteiger partial charge in [-0.25, -0.2) is 4.99 Å². The second-order valence-corrected chi connectivity index (χ2v) is 5.86. The molecule has 1 saturated heterocycles. The molecule has 1 aromatic heterocycles. The fourth-order valence-electron chi connectivity index (χ4n) is 2.57. The van der Waals surface area contributed by atoms with Crippen LogP contribution in [0.2, 0.25) is 0 Å². The second-order valence-electron chi connectivity index (χ2n) is 5.86. The highest BCUT2D eigenvalue weighted by Gasteiger charge is 2.27. The van der Waals surface area contributed by atoms with E-state index >= 15 is 0 Å². The number of hydrogen-bond donors (Lipinski definition) is 2. The highest BCUT2D eigenvalue weighted by Crippen LogP contribution is 2.16. The predicted octanol–water partition coefficient (Wildman–Crippen LogP) is 0.178. The molecule has 2 N–H and O–H groups in total. The summed E-state index contributed by atoms with van der Waals surface area (Å²) >= 11 is 0. The minimum Gasteiger partial charge on any atom is -0.356 e. The largest absolute Gasteiger partial charge is 0.356 e. The number of amides is 2. The maximum absolute atomic E-state index is 12.5. The van der Waals surface area contributed by atoms with Gasteiger partial charge in [0.25, 0.3) is 0 Å².